The van der Waals surface area contributed by atoms with Crippen LogP contribution >= 0.6 is 0 Å². The van der Waals surface area contributed by atoms with Crippen molar-refractivity contribution in [3.05, 3.63) is 23.8 Å². The zero-order chi connectivity index (χ0) is 14.8. The third-order valence-corrected chi connectivity index (χ3v) is 1.39. The van der Waals surface area contributed by atoms with Crippen molar-refractivity contribution in [3.8, 4) is 0 Å². The van der Waals surface area contributed by atoms with Gasteiger partial charge in [0, 0.05) is 45.7 Å². The first kappa shape index (κ1) is 27.6. The van der Waals surface area contributed by atoms with Gasteiger partial charge in [-0.2, -0.15) is 6.08 Å². The molecule has 0 aromatic heterocycles. The molecule has 0 bridgehead atoms. The molecule has 1 aliphatic carbocycles. The van der Waals surface area contributed by atoms with Crippen molar-refractivity contribution in [2.24, 2.45) is 5.92 Å². The van der Waals surface area contributed by atoms with Gasteiger partial charge in [-0.15, -0.1) is 6.42 Å². The number of rotatable bonds is 2. The molecule has 0 spiro atoms. The van der Waals surface area contributed by atoms with Crippen LogP contribution in [0.5, 0.6) is 0 Å². The summed E-state index contributed by atoms with van der Waals surface area (Å²) in [5.41, 5.74) is 1.39. The quantitative estimate of drug-likeness (QED) is 0.460. The second-order valence-electron chi connectivity index (χ2n) is 3.86. The SMILES string of the molecule is CC(C)CC1=[C-]CC=C1.CCO.CCO.CCO.[Hf]. The molecule has 0 saturated heterocycles. The molecule has 0 aromatic rings. The second kappa shape index (κ2) is 26.7. The molecular weight excluding hydrogens is 407 g/mol. The smallest absolute Gasteiger partial charge is 0.0402 e. The minimum atomic E-state index is 0. The minimum absolute atomic E-state index is 0. The van der Waals surface area contributed by atoms with Gasteiger partial charge in [-0.05, 0) is 26.7 Å². The molecule has 0 unspecified atom stereocenters. The molecule has 0 amide bonds. The average molecular weight is 438 g/mol. The fourth-order valence-electron chi connectivity index (χ4n) is 1.03. The van der Waals surface area contributed by atoms with E-state index in [4.69, 9.17) is 15.3 Å². The van der Waals surface area contributed by atoms with E-state index >= 15 is 0 Å². The van der Waals surface area contributed by atoms with Crippen LogP contribution in [0.1, 0.15) is 47.5 Å². The molecule has 0 aliphatic heterocycles. The summed E-state index contributed by atoms with van der Waals surface area (Å²) < 4.78 is 0. The van der Waals surface area contributed by atoms with Crippen molar-refractivity contribution < 1.29 is 41.2 Å². The number of allylic oxidation sites excluding steroid dienone is 4. The van der Waals surface area contributed by atoms with E-state index in [1.165, 1.54) is 12.0 Å². The molecule has 4 heteroatoms. The topological polar surface area (TPSA) is 60.7 Å². The zero-order valence-corrected chi connectivity index (χ0v) is 16.7. The average Bonchev–Trinajstić information content (AvgIpc) is 2.73. The number of hydrogen-bond acceptors (Lipinski definition) is 3. The monoisotopic (exact) mass is 439 g/mol. The number of aliphatic hydroxyl groups excluding tert-OH is 3. The Bertz CT molecular complexity index is 185. The van der Waals surface area contributed by atoms with E-state index in [1.54, 1.807) is 20.8 Å². The molecule has 114 valence electrons. The van der Waals surface area contributed by atoms with Crippen molar-refractivity contribution in [2.45, 2.75) is 47.5 Å². The molecule has 0 atom stereocenters. The summed E-state index contributed by atoms with van der Waals surface area (Å²) >= 11 is 0. The Morgan fingerprint density at radius 2 is 1.42 bits per heavy atom. The largest absolute Gasteiger partial charge is 0.397 e. The summed E-state index contributed by atoms with van der Waals surface area (Å²) in [5, 5.41) is 22.7. The van der Waals surface area contributed by atoms with E-state index in [1.807, 2.05) is 0 Å². The summed E-state index contributed by atoms with van der Waals surface area (Å²) in [7, 11) is 0. The van der Waals surface area contributed by atoms with Gasteiger partial charge in [-0.1, -0.05) is 20.3 Å². The van der Waals surface area contributed by atoms with Crippen molar-refractivity contribution in [3.63, 3.8) is 0 Å². The fraction of sp³-hybridized carbons (Fsp3) is 0.733. The Hall–Kier alpha value is 0.230. The van der Waals surface area contributed by atoms with E-state index < -0.39 is 0 Å². The van der Waals surface area contributed by atoms with Crippen LogP contribution in [-0.4, -0.2) is 35.1 Å². The van der Waals surface area contributed by atoms with Crippen LogP contribution in [0.15, 0.2) is 17.7 Å². The molecule has 3 nitrogen and oxygen atoms in total. The van der Waals surface area contributed by atoms with Crippen LogP contribution in [0, 0.1) is 12.0 Å². The Balaban J connectivity index is -0.0000000956. The Labute approximate surface area is 138 Å². The first-order valence-corrected chi connectivity index (χ1v) is 6.62. The fourth-order valence-corrected chi connectivity index (χ4v) is 1.03. The predicted molar refractivity (Wildman–Crippen MR) is 78.2 cm³/mol. The van der Waals surface area contributed by atoms with Gasteiger partial charge in [0.05, 0.1) is 0 Å². The van der Waals surface area contributed by atoms with Crippen LogP contribution in [0.25, 0.3) is 0 Å². The van der Waals surface area contributed by atoms with Crippen LogP contribution in [-0.2, 0) is 25.8 Å². The number of aliphatic hydroxyl groups is 3. The third-order valence-electron chi connectivity index (χ3n) is 1.39. The van der Waals surface area contributed by atoms with Gasteiger partial charge >= 0.3 is 0 Å². The van der Waals surface area contributed by atoms with E-state index in [2.05, 4.69) is 32.1 Å². The summed E-state index contributed by atoms with van der Waals surface area (Å²) in [4.78, 5) is 0. The van der Waals surface area contributed by atoms with Gasteiger partial charge in [0.2, 0.25) is 0 Å². The molecule has 19 heavy (non-hydrogen) atoms. The molecule has 0 fully saturated rings. The Morgan fingerprint density at radius 3 is 1.63 bits per heavy atom. The van der Waals surface area contributed by atoms with Crippen LogP contribution < -0.4 is 0 Å². The Kier molecular flexibility index (Phi) is 38.8. The maximum atomic E-state index is 7.57. The minimum Gasteiger partial charge on any atom is -0.397 e. The summed E-state index contributed by atoms with van der Waals surface area (Å²) in [6.45, 7) is 10.3. The van der Waals surface area contributed by atoms with E-state index in [0.717, 1.165) is 12.3 Å². The summed E-state index contributed by atoms with van der Waals surface area (Å²) in [5.74, 6) is 0.773. The van der Waals surface area contributed by atoms with E-state index in [9.17, 15) is 0 Å². The molecule has 0 aromatic carbocycles. The molecular formula is C15H31HfO3-. The van der Waals surface area contributed by atoms with Gasteiger partial charge in [0.1, 0.15) is 0 Å². The molecule has 0 saturated carbocycles. The Morgan fingerprint density at radius 1 is 1.05 bits per heavy atom. The zero-order valence-electron chi connectivity index (χ0n) is 13.1. The van der Waals surface area contributed by atoms with Gasteiger partial charge in [0.15, 0.2) is 0 Å². The van der Waals surface area contributed by atoms with Crippen LogP contribution in [0.4, 0.5) is 0 Å². The second-order valence-corrected chi connectivity index (χ2v) is 3.86. The van der Waals surface area contributed by atoms with Gasteiger partial charge in [-0.3, -0.25) is 6.08 Å². The maximum absolute atomic E-state index is 7.57. The summed E-state index contributed by atoms with van der Waals surface area (Å²) in [6.07, 6.45) is 9.86. The van der Waals surface area contributed by atoms with Crippen molar-refractivity contribution >= 4 is 0 Å². The molecule has 1 rings (SSSR count). The standard InChI is InChI=1S/C9H13.3C2H6O.Hf/c1-8(2)7-9-5-3-4-6-9;3*1-2-3;/h3,5,8H,4,7H2,1-2H3;3*3H,2H2,1H3;/q-1;;;;. The third kappa shape index (κ3) is 38.1. The van der Waals surface area contributed by atoms with Crippen molar-refractivity contribution in [1.29, 1.82) is 0 Å². The number of hydrogen-bond donors (Lipinski definition) is 3. The maximum Gasteiger partial charge on any atom is 0.0402 e. The van der Waals surface area contributed by atoms with Gasteiger partial charge in [-0.25, -0.2) is 11.6 Å². The summed E-state index contributed by atoms with van der Waals surface area (Å²) in [6, 6.07) is 0. The van der Waals surface area contributed by atoms with E-state index in [-0.39, 0.29) is 45.7 Å². The van der Waals surface area contributed by atoms with E-state index in [0.29, 0.717) is 0 Å². The van der Waals surface area contributed by atoms with Crippen LogP contribution in [0.2, 0.25) is 0 Å². The predicted octanol–water partition coefficient (Wildman–Crippen LogP) is 2.72. The van der Waals surface area contributed by atoms with Crippen molar-refractivity contribution in [2.75, 3.05) is 19.8 Å². The molecule has 3 N–H and O–H groups in total. The van der Waals surface area contributed by atoms with Gasteiger partial charge in [0.25, 0.3) is 0 Å². The molecule has 1 aliphatic rings. The van der Waals surface area contributed by atoms with Crippen molar-refractivity contribution in [1.82, 2.24) is 0 Å². The van der Waals surface area contributed by atoms with Gasteiger partial charge < -0.3 is 15.3 Å². The first-order valence-electron chi connectivity index (χ1n) is 6.62. The first-order chi connectivity index (χ1) is 8.53. The normalized spacial score (nSPS) is 10.9. The molecule has 0 heterocycles. The molecule has 0 radical (unpaired) electrons. The van der Waals surface area contributed by atoms with Crippen LogP contribution in [0.3, 0.4) is 0 Å².